The Morgan fingerprint density at radius 2 is 1.18 bits per heavy atom. The van der Waals surface area contributed by atoms with Crippen LogP contribution in [0.15, 0.2) is 104 Å². The lowest BCUT2D eigenvalue weighted by molar-refractivity contribution is -0.145. The van der Waals surface area contributed by atoms with Gasteiger partial charge in [0.05, 0.1) is 38.2 Å². The molecule has 2 unspecified atom stereocenters. The number of hydrogen-bond acceptors (Lipinski definition) is 22. The highest BCUT2D eigenvalue weighted by molar-refractivity contribution is 8.00. The number of nitrogens with two attached hydrogens (primary N) is 3. The van der Waals surface area contributed by atoms with Gasteiger partial charge in [-0.25, -0.2) is 4.98 Å². The molecule has 6 aromatic rings. The van der Waals surface area contributed by atoms with Crippen molar-refractivity contribution in [1.82, 2.24) is 109 Å². The molecule has 3 saturated carbocycles. The highest BCUT2D eigenvalue weighted by atomic mass is 32.2. The zero-order valence-electron chi connectivity index (χ0n) is 79.0. The van der Waals surface area contributed by atoms with Crippen LogP contribution in [0.3, 0.4) is 0 Å². The first kappa shape index (κ1) is 105. The number of imidazole rings is 1. The van der Waals surface area contributed by atoms with Crippen LogP contribution >= 0.6 is 11.8 Å². The highest BCUT2D eigenvalue weighted by Gasteiger charge is 2.65. The molecule has 18 amide bonds. The van der Waals surface area contributed by atoms with Gasteiger partial charge in [-0.3, -0.25) is 91.7 Å². The summed E-state index contributed by atoms with van der Waals surface area (Å²) in [5.41, 5.74) is 16.5. The first-order valence-electron chi connectivity index (χ1n) is 47.0. The summed E-state index contributed by atoms with van der Waals surface area (Å²) in [6.45, 7) is 3.48. The SMILES string of the molecule is CCC[C@@H]1CC12C(=O)N[C@@H](CCCNC(=N)N)C(=O)N[C@H](C(=O)NCC(N)=O)CSCC(=O)N[C@@H](Cc1ccccc1)C(=O)N(C)[C@@H](C)C(=O)N[C@@H](CC(N)=O)C(=O)N1CCC[C@H]1C(=O)N[C@@H](Cc1cnc[nH]1)C(=O)NC1(C[C@@H]1C(C)C)C(=O)N(C)CC(=O)N[C@@H](Cc1c[nH]c3ccccc13)C(=O)N[C@@H](CO)C(=O)N[C@@H](Cc1c[nH]c3ccccc13)C(=O)N[C@@H](CNC(=O)C1CCCCC1)C(=O)N2C. The Kier molecular flexibility index (Phi) is 36.7. The molecule has 45 heteroatoms. The molecule has 750 valence electrons. The normalized spacial score (nSPS) is 26.4. The standard InChI is InChI=1S/C94H129N25O19S/c1-8-21-57-39-94(57)90(137)114-64(30-19-32-100-92(97)98)81(128)113-72(80(127)104-45-75(96)122)48-139-49-77(124)107-68(34-53-22-11-9-12-23-53)87(134)117(6)52(4)78(125)110-69(38-74(95)121)89(136)119-33-20-31-73(119)86(133)109-67(37-58-43-99-50-105-58)85(132)115-93(40-61(93)51(2)3)91(138)116(5)46-76(123)106-65(35-55-41-101-62-28-17-15-26-59(55)62)82(129)112-71(47-120)84(131)108-66(36-56-42-102-63-29-18-16-27-60(56)63)83(130)111-70(88(135)118(94)7)44-103-79(126)54-24-13-10-14-25-54/h9,11-12,15-18,22-23,26-29,41-43,50-52,54,57,61,64-73,101-102,120H,8,10,13-14,19-21,24-25,30-40,44-49H2,1-7H3,(H2,95,121)(H2,96,122)(H,99,105)(H,103,126)(H,104,127)(H,106,123)(H,107,124)(H,108,131)(H,109,133)(H,110,125)(H,111,130)(H,112,129)(H,113,128)(H,114,137)(H,115,132)(H4,97,98,100)/t52-,57+,61+,64-,65-,66-,67-,68-,69-,70-,71-,72-,73-,93?,94?/m0/s1. The van der Waals surface area contributed by atoms with E-state index in [1.807, 2.05) is 20.8 Å². The van der Waals surface area contributed by atoms with Crippen LogP contribution in [-0.4, -0.2) is 306 Å². The zero-order chi connectivity index (χ0) is 101. The van der Waals surface area contributed by atoms with Crippen molar-refractivity contribution in [2.75, 3.05) is 72.0 Å². The minimum Gasteiger partial charge on any atom is -0.394 e. The second-order valence-electron chi connectivity index (χ2n) is 36.8. The van der Waals surface area contributed by atoms with E-state index in [0.29, 0.717) is 69.9 Å². The van der Waals surface area contributed by atoms with Gasteiger partial charge < -0.3 is 126 Å². The van der Waals surface area contributed by atoms with Gasteiger partial charge in [0.2, 0.25) is 106 Å². The van der Waals surface area contributed by atoms with Gasteiger partial charge in [-0.1, -0.05) is 113 Å². The van der Waals surface area contributed by atoms with E-state index in [1.165, 1.54) is 40.6 Å². The number of aromatic nitrogens is 4. The number of primary amides is 2. The first-order chi connectivity index (χ1) is 66.3. The average molecular weight is 1950 g/mol. The molecule has 0 radical (unpaired) electrons. The van der Waals surface area contributed by atoms with Gasteiger partial charge in [-0.2, -0.15) is 0 Å². The fourth-order valence-corrected chi connectivity index (χ4v) is 19.5. The van der Waals surface area contributed by atoms with Crippen molar-refractivity contribution in [1.29, 1.82) is 5.41 Å². The summed E-state index contributed by atoms with van der Waals surface area (Å²) in [7, 11) is 3.88. The number of carbonyl (C=O) groups is 18. The number of para-hydroxylation sites is 2. The number of nitrogens with one attached hydrogen (secondary N) is 17. The maximum absolute atomic E-state index is 15.9. The monoisotopic (exact) mass is 1940 g/mol. The van der Waals surface area contributed by atoms with E-state index in [1.54, 1.807) is 91.3 Å². The van der Waals surface area contributed by atoms with Crippen LogP contribution in [0, 0.1) is 29.1 Å². The fraction of sp³-hybridized carbons (Fsp3) is 0.532. The van der Waals surface area contributed by atoms with Crippen molar-refractivity contribution in [3.05, 3.63) is 126 Å². The smallest absolute Gasteiger partial charge is 0.248 e. The molecule has 5 fully saturated rings. The topological polar surface area (TPSA) is 659 Å². The number of hydrogen-bond donors (Lipinski definition) is 21. The molecule has 0 bridgehead atoms. The molecule has 11 rings (SSSR count). The average Bonchev–Trinajstić information content (AvgIpc) is 1.56. The maximum Gasteiger partial charge on any atom is 0.248 e. The van der Waals surface area contributed by atoms with Gasteiger partial charge in [-0.15, -0.1) is 11.8 Å². The number of aliphatic hydroxyl groups excluding tert-OH is 1. The van der Waals surface area contributed by atoms with Crippen molar-refractivity contribution in [2.24, 2.45) is 40.9 Å². The number of guanidine groups is 1. The molecule has 5 heterocycles. The van der Waals surface area contributed by atoms with Crippen LogP contribution in [0.25, 0.3) is 21.8 Å². The van der Waals surface area contributed by atoms with Gasteiger partial charge in [0.25, 0.3) is 0 Å². The van der Waals surface area contributed by atoms with Crippen LogP contribution in [0.5, 0.6) is 0 Å². The molecule has 44 nitrogen and oxygen atoms in total. The first-order valence-corrected chi connectivity index (χ1v) is 48.1. The van der Waals surface area contributed by atoms with E-state index < -0.39 is 252 Å². The lowest BCUT2D eigenvalue weighted by Crippen LogP contribution is -2.63. The van der Waals surface area contributed by atoms with Gasteiger partial charge in [0, 0.05) is 124 Å². The van der Waals surface area contributed by atoms with Crippen LogP contribution in [0.2, 0.25) is 0 Å². The molecule has 2 spiro atoms. The molecule has 15 atom stereocenters. The lowest BCUT2D eigenvalue weighted by Gasteiger charge is -2.34. The number of benzene rings is 3. The van der Waals surface area contributed by atoms with Gasteiger partial charge >= 0.3 is 0 Å². The number of rotatable bonds is 24. The Morgan fingerprint density at radius 1 is 0.583 bits per heavy atom. The Labute approximate surface area is 807 Å². The van der Waals surface area contributed by atoms with Crippen molar-refractivity contribution < 1.29 is 91.4 Å². The van der Waals surface area contributed by atoms with Crippen LogP contribution in [0.4, 0.5) is 0 Å². The molecule has 24 N–H and O–H groups in total. The molecule has 139 heavy (non-hydrogen) atoms. The summed E-state index contributed by atoms with van der Waals surface area (Å²) in [5.74, 6) is -19.8. The number of fused-ring (bicyclic) bond motifs is 3. The number of aromatic amines is 3. The summed E-state index contributed by atoms with van der Waals surface area (Å²) >= 11 is 0.782. The Morgan fingerprint density at radius 3 is 1.79 bits per heavy atom. The molecule has 3 aromatic carbocycles. The van der Waals surface area contributed by atoms with Gasteiger partial charge in [-0.05, 0) is 111 Å². The lowest BCUT2D eigenvalue weighted by atomic mass is 9.88. The second-order valence-corrected chi connectivity index (χ2v) is 37.9. The number of likely N-dealkylation sites (N-methyl/N-ethyl adjacent to an activating group) is 3. The van der Waals surface area contributed by atoms with E-state index >= 15 is 38.4 Å². The van der Waals surface area contributed by atoms with E-state index in [0.717, 1.165) is 50.6 Å². The second kappa shape index (κ2) is 48.3. The third-order valence-electron chi connectivity index (χ3n) is 26.6. The van der Waals surface area contributed by atoms with Crippen molar-refractivity contribution in [3.8, 4) is 0 Å². The number of thioether (sulfide) groups is 1. The number of carbonyl (C=O) groups excluding carboxylic acids is 18. The summed E-state index contributed by atoms with van der Waals surface area (Å²) in [6, 6.07) is 4.77. The molecule has 5 aliphatic rings. The molecular weight excluding hydrogens is 1820 g/mol. The quantitative estimate of drug-likeness (QED) is 0.0163. The maximum atomic E-state index is 15.9. The third kappa shape index (κ3) is 27.3. The zero-order valence-corrected chi connectivity index (χ0v) is 79.8. The molecule has 3 aliphatic carbocycles. The van der Waals surface area contributed by atoms with E-state index in [-0.39, 0.29) is 83.2 Å². The highest BCUT2D eigenvalue weighted by Crippen LogP contribution is 2.52. The van der Waals surface area contributed by atoms with Crippen molar-refractivity contribution in [2.45, 2.75) is 221 Å². The molecule has 2 saturated heterocycles. The molecule has 3 aromatic heterocycles. The number of H-pyrrole nitrogens is 3. The fourth-order valence-electron chi connectivity index (χ4n) is 18.7. The Hall–Kier alpha value is -14.0. The summed E-state index contributed by atoms with van der Waals surface area (Å²) < 4.78 is 0. The number of nitrogens with zero attached hydrogens (tertiary/aromatic N) is 5. The summed E-state index contributed by atoms with van der Waals surface area (Å²) in [5, 5.41) is 55.4. The minimum absolute atomic E-state index is 0.00985. The van der Waals surface area contributed by atoms with Crippen molar-refractivity contribution >= 4 is 146 Å². The summed E-state index contributed by atoms with van der Waals surface area (Å²) in [6.07, 6.45) is 8.30. The predicted octanol–water partition coefficient (Wildman–Crippen LogP) is -2.97. The van der Waals surface area contributed by atoms with Crippen LogP contribution in [0.1, 0.15) is 140 Å². The van der Waals surface area contributed by atoms with E-state index in [9.17, 15) is 53.1 Å². The molecule has 2 aliphatic heterocycles. The third-order valence-corrected chi connectivity index (χ3v) is 27.6. The summed E-state index contributed by atoms with van der Waals surface area (Å²) in [4.78, 5) is 283. The van der Waals surface area contributed by atoms with Gasteiger partial charge in [0.15, 0.2) is 5.96 Å². The Bertz CT molecular complexity index is 5500. The van der Waals surface area contributed by atoms with Crippen LogP contribution < -0.4 is 86.3 Å². The van der Waals surface area contributed by atoms with E-state index in [4.69, 9.17) is 22.6 Å². The number of amides is 18. The minimum atomic E-state index is -1.91. The Balaban J connectivity index is 0.951. The van der Waals surface area contributed by atoms with Gasteiger partial charge in [0.1, 0.15) is 77.5 Å². The predicted molar refractivity (Wildman–Crippen MR) is 510 cm³/mol. The largest absolute Gasteiger partial charge is 0.394 e. The number of aliphatic hydroxyl groups is 1. The van der Waals surface area contributed by atoms with Crippen LogP contribution in [-0.2, 0) is 112 Å². The molecular formula is C94H129N25O19S. The van der Waals surface area contributed by atoms with Crippen molar-refractivity contribution in [3.63, 3.8) is 0 Å². The van der Waals surface area contributed by atoms with E-state index in [2.05, 4.69) is 89.1 Å².